The maximum absolute atomic E-state index is 7.19. The largest absolute Gasteiger partial charge is 0.0885 e. The van der Waals surface area contributed by atoms with Crippen molar-refractivity contribution in [1.29, 1.82) is 0 Å². The van der Waals surface area contributed by atoms with E-state index in [1.165, 1.54) is 0 Å². The molecule has 0 N–H and O–H groups in total. The van der Waals surface area contributed by atoms with Gasteiger partial charge in [0.05, 0.1) is 2.74 Å². The van der Waals surface area contributed by atoms with Crippen LogP contribution in [0.3, 0.4) is 0 Å². The van der Waals surface area contributed by atoms with Crippen molar-refractivity contribution in [2.24, 2.45) is 0 Å². The van der Waals surface area contributed by atoms with Crippen molar-refractivity contribution in [3.8, 4) is 0 Å². The number of rotatable bonds is 0. The highest BCUT2D eigenvalue weighted by Gasteiger charge is 1.84. The van der Waals surface area contributed by atoms with Crippen LogP contribution >= 0.6 is 0 Å². The molecule has 5 heavy (non-hydrogen) atoms. The average Bonchev–Trinajstić information content (AvgIpc) is 2.05. The zero-order valence-electron chi connectivity index (χ0n) is 10.5. The van der Waals surface area contributed by atoms with Gasteiger partial charge in [-0.1, -0.05) is 12.1 Å². The molecule has 0 bridgehead atoms. The normalized spacial score (nSPS) is 78.4. The van der Waals surface area contributed by atoms with Gasteiger partial charge >= 0.3 is 0 Å². The summed E-state index contributed by atoms with van der Waals surface area (Å²) in [6, 6.07) is -1.83. The van der Waals surface area contributed by atoms with Crippen LogP contribution in [0.25, 0.3) is 0 Å². The van der Waals surface area contributed by atoms with Crippen LogP contribution in [0.1, 0.15) is 30.1 Å². The third kappa shape index (κ3) is 0.504. The van der Waals surface area contributed by atoms with E-state index < -0.39 is 31.2 Å². The molecule has 0 heteroatoms. The van der Waals surface area contributed by atoms with Crippen LogP contribution < -0.4 is 0 Å². The van der Waals surface area contributed by atoms with Gasteiger partial charge in [-0.15, -0.1) is 0 Å². The molecule has 0 saturated carbocycles. The van der Waals surface area contributed by atoms with E-state index in [1.54, 1.807) is 0 Å². The number of hydrogen-bond donors (Lipinski definition) is 0. The fraction of sp³-hybridized carbons (Fsp3) is 0.600. The Kier molecular flexibility index (Phi) is 0.102. The van der Waals surface area contributed by atoms with E-state index in [0.29, 0.717) is 0 Å². The lowest BCUT2D eigenvalue weighted by Gasteiger charge is -1.69. The van der Waals surface area contributed by atoms with Crippen LogP contribution in [0.15, 0.2) is 12.1 Å². The molecule has 0 fully saturated rings. The molecule has 1 rings (SSSR count). The van der Waals surface area contributed by atoms with Crippen molar-refractivity contribution in [2.45, 2.75) is 19.1 Å². The van der Waals surface area contributed by atoms with Gasteiger partial charge in [0.25, 0.3) is 0 Å². The average molecular weight is 76.2 g/mol. The van der Waals surface area contributed by atoms with Crippen LogP contribution in [0, 0.1) is 0 Å². The first-order chi connectivity index (χ1) is 5.57. The first-order valence-corrected chi connectivity index (χ1v) is 1.25. The lowest BCUT2D eigenvalue weighted by atomic mass is 10.4. The van der Waals surface area contributed by atoms with Crippen LogP contribution in [-0.2, 0) is 0 Å². The summed E-state index contributed by atoms with van der Waals surface area (Å²) in [4.78, 5) is 0. The Balaban J connectivity index is 3.39. The van der Waals surface area contributed by atoms with Crippen LogP contribution in [0.5, 0.6) is 0 Å². The van der Waals surface area contributed by atoms with Gasteiger partial charge < -0.3 is 0 Å². The Morgan fingerprint density at radius 1 is 1.60 bits per heavy atom. The lowest BCUT2D eigenvalue weighted by molar-refractivity contribution is 0.929. The van der Waals surface area contributed by atoms with Crippen molar-refractivity contribution < 1.29 is 11.0 Å². The van der Waals surface area contributed by atoms with Crippen molar-refractivity contribution in [1.82, 2.24) is 0 Å². The molecule has 0 atom stereocenters. The van der Waals surface area contributed by atoms with Crippen molar-refractivity contribution in [2.75, 3.05) is 0 Å². The zero-order valence-corrected chi connectivity index (χ0v) is 2.50. The second-order valence-electron chi connectivity index (χ2n) is 0.625. The van der Waals surface area contributed by atoms with Gasteiger partial charge in [-0.2, -0.15) is 0 Å². The minimum absolute atomic E-state index is 0.914. The maximum atomic E-state index is 7.19. The molecule has 0 radical (unpaired) electrons. The predicted molar refractivity (Wildman–Crippen MR) is 23.0 cm³/mol. The summed E-state index contributed by atoms with van der Waals surface area (Å²) >= 11 is 0. The second-order valence-corrected chi connectivity index (χ2v) is 0.625. The maximum Gasteiger partial charge on any atom is 0.0572 e. The Morgan fingerprint density at radius 2 is 2.20 bits per heavy atom. The SMILES string of the molecule is [2H]C1=C([2H])C([2H])([2H])C([2H])([2H])C1([2H])[2H]. The molecule has 28 valence electrons. The molecule has 0 nitrogen and oxygen atoms in total. The Bertz CT molecular complexity index is 248. The van der Waals surface area contributed by atoms with E-state index in [2.05, 4.69) is 0 Å². The topological polar surface area (TPSA) is 0 Å². The minimum atomic E-state index is -2.85. The van der Waals surface area contributed by atoms with Crippen LogP contribution in [0.2, 0.25) is 0 Å². The van der Waals surface area contributed by atoms with Crippen LogP contribution in [-0.4, -0.2) is 0 Å². The second kappa shape index (κ2) is 1.25. The Hall–Kier alpha value is -0.260. The van der Waals surface area contributed by atoms with Gasteiger partial charge in [-0.25, -0.2) is 0 Å². The summed E-state index contributed by atoms with van der Waals surface area (Å²) in [5, 5.41) is 0. The van der Waals surface area contributed by atoms with Crippen molar-refractivity contribution in [3.63, 3.8) is 0 Å². The highest BCUT2D eigenvalue weighted by Crippen LogP contribution is 2.05. The molecule has 0 unspecified atom stereocenters. The van der Waals surface area contributed by atoms with E-state index in [4.69, 9.17) is 11.0 Å². The molecule has 0 spiro atoms. The van der Waals surface area contributed by atoms with E-state index in [9.17, 15) is 0 Å². The molecule has 0 aromatic heterocycles. The van der Waals surface area contributed by atoms with Gasteiger partial charge in [-0.05, 0) is 19.1 Å². The highest BCUT2D eigenvalue weighted by molar-refractivity contribution is 4.88. The molecule has 0 amide bonds. The third-order valence-electron chi connectivity index (χ3n) is 0.312. The molecule has 0 saturated heterocycles. The zero-order chi connectivity index (χ0) is 10.7. The van der Waals surface area contributed by atoms with Gasteiger partial charge in [0.1, 0.15) is 0 Å². The molecular weight excluding hydrogens is 60.1 g/mol. The molecule has 0 heterocycles. The first-order valence-electron chi connectivity index (χ1n) is 5.25. The lowest BCUT2D eigenvalue weighted by Crippen LogP contribution is -1.50. The fourth-order valence-electron chi connectivity index (χ4n) is 0.156. The predicted octanol–water partition coefficient (Wildman–Crippen LogP) is 1.73. The number of allylic oxidation sites excluding steroid dienone is 2. The van der Waals surface area contributed by atoms with Gasteiger partial charge in [0, 0.05) is 8.22 Å². The first kappa shape index (κ1) is 0.408. The standard InChI is InChI=1S/C5H8/c1-2-4-5-3-1/h1-2H,3-5H2/i1D,2D,3D2,4D2,5D2. The van der Waals surface area contributed by atoms with Crippen molar-refractivity contribution in [3.05, 3.63) is 12.1 Å². The molecule has 0 aromatic rings. The summed E-state index contributed by atoms with van der Waals surface area (Å²) in [7, 11) is 0. The van der Waals surface area contributed by atoms with E-state index in [0.717, 1.165) is 0 Å². The van der Waals surface area contributed by atoms with E-state index in [-0.39, 0.29) is 0 Å². The summed E-state index contributed by atoms with van der Waals surface area (Å²) in [5.74, 6) is 0. The number of hydrogen-bond acceptors (Lipinski definition) is 0. The summed E-state index contributed by atoms with van der Waals surface area (Å²) in [6.07, 6.45) is -8.31. The molecule has 0 aromatic carbocycles. The molecule has 0 aliphatic heterocycles. The third-order valence-corrected chi connectivity index (χ3v) is 0.312. The fourth-order valence-corrected chi connectivity index (χ4v) is 0.156. The summed E-state index contributed by atoms with van der Waals surface area (Å²) in [6.45, 7) is 0. The molecular formula is C5H8. The van der Waals surface area contributed by atoms with Crippen LogP contribution in [0.4, 0.5) is 0 Å². The van der Waals surface area contributed by atoms with Crippen molar-refractivity contribution >= 4 is 0 Å². The quantitative estimate of drug-likeness (QED) is 0.385. The van der Waals surface area contributed by atoms with Gasteiger partial charge in [0.15, 0.2) is 0 Å². The summed E-state index contributed by atoms with van der Waals surface area (Å²) < 4.78 is 57.2. The molecule has 1 aliphatic rings. The minimum Gasteiger partial charge on any atom is -0.0885 e. The highest BCUT2D eigenvalue weighted by atomic mass is 13.9. The Morgan fingerprint density at radius 3 is 2.40 bits per heavy atom. The smallest absolute Gasteiger partial charge is 0.0572 e. The molecule has 1 aliphatic carbocycles. The van der Waals surface area contributed by atoms with Gasteiger partial charge in [-0.3, -0.25) is 0 Å². The monoisotopic (exact) mass is 76.1 g/mol. The van der Waals surface area contributed by atoms with E-state index in [1.807, 2.05) is 0 Å². The Labute approximate surface area is 43.7 Å². The van der Waals surface area contributed by atoms with E-state index >= 15 is 0 Å². The van der Waals surface area contributed by atoms with Gasteiger partial charge in [0.2, 0.25) is 0 Å². The summed E-state index contributed by atoms with van der Waals surface area (Å²) in [5.41, 5.74) is 0.